The minimum Gasteiger partial charge on any atom is -0.329 e. The smallest absolute Gasteiger partial charge is 0.0544 e. The van der Waals surface area contributed by atoms with E-state index in [1.54, 1.807) is 0 Å². The first-order valence-electron chi connectivity index (χ1n) is 6.66. The van der Waals surface area contributed by atoms with Gasteiger partial charge in [-0.2, -0.15) is 0 Å². The average Bonchev–Trinajstić information content (AvgIpc) is 2.43. The summed E-state index contributed by atoms with van der Waals surface area (Å²) in [5, 5.41) is 0. The molecule has 2 N–H and O–H groups in total. The van der Waals surface area contributed by atoms with E-state index in [1.807, 2.05) is 18.3 Å². The molecule has 0 aliphatic rings. The Labute approximate surface area is 115 Å². The molecular weight excluding hydrogens is 234 g/mol. The number of nitrogens with zero attached hydrogens (tertiary/aromatic N) is 2. The first kappa shape index (κ1) is 13.7. The Balaban J connectivity index is 2.06. The molecule has 0 bridgehead atoms. The van der Waals surface area contributed by atoms with Gasteiger partial charge in [-0.25, -0.2) is 0 Å². The highest BCUT2D eigenvalue weighted by Crippen LogP contribution is 2.12. The zero-order valence-electron chi connectivity index (χ0n) is 11.4. The maximum absolute atomic E-state index is 5.71. The summed E-state index contributed by atoms with van der Waals surface area (Å²) in [5.41, 5.74) is 9.48. The van der Waals surface area contributed by atoms with Crippen molar-refractivity contribution in [3.05, 3.63) is 65.5 Å². The second kappa shape index (κ2) is 7.02. The Kier molecular flexibility index (Phi) is 5.07. The van der Waals surface area contributed by atoms with Crippen LogP contribution in [0.2, 0.25) is 0 Å². The third kappa shape index (κ3) is 4.16. The van der Waals surface area contributed by atoms with Gasteiger partial charge in [0.15, 0.2) is 0 Å². The molecule has 0 aliphatic carbocycles. The van der Waals surface area contributed by atoms with E-state index in [2.05, 4.69) is 47.1 Å². The van der Waals surface area contributed by atoms with Crippen molar-refractivity contribution in [1.82, 2.24) is 9.88 Å². The number of aryl methyl sites for hydroxylation is 1. The van der Waals surface area contributed by atoms with Crippen LogP contribution >= 0.6 is 0 Å². The molecule has 0 saturated heterocycles. The molecule has 1 heterocycles. The van der Waals surface area contributed by atoms with E-state index >= 15 is 0 Å². The molecule has 2 aromatic rings. The minimum atomic E-state index is 0.665. The van der Waals surface area contributed by atoms with Crippen LogP contribution in [-0.4, -0.2) is 23.0 Å². The quantitative estimate of drug-likeness (QED) is 0.861. The van der Waals surface area contributed by atoms with Gasteiger partial charge in [0.2, 0.25) is 0 Å². The van der Waals surface area contributed by atoms with Gasteiger partial charge in [0.1, 0.15) is 0 Å². The molecule has 1 aromatic carbocycles. The molecule has 3 heteroatoms. The molecule has 0 aliphatic heterocycles. The highest BCUT2D eigenvalue weighted by Gasteiger charge is 2.08. The van der Waals surface area contributed by atoms with Crippen LogP contribution in [0.1, 0.15) is 16.8 Å². The van der Waals surface area contributed by atoms with Crippen LogP contribution in [0.3, 0.4) is 0 Å². The molecule has 100 valence electrons. The third-order valence-corrected chi connectivity index (χ3v) is 3.21. The van der Waals surface area contributed by atoms with E-state index in [1.165, 1.54) is 11.1 Å². The molecule has 0 unspecified atom stereocenters. The number of benzene rings is 1. The van der Waals surface area contributed by atoms with Gasteiger partial charge in [-0.15, -0.1) is 0 Å². The van der Waals surface area contributed by atoms with Crippen molar-refractivity contribution >= 4 is 0 Å². The second-order valence-corrected chi connectivity index (χ2v) is 4.75. The van der Waals surface area contributed by atoms with Crippen LogP contribution in [0, 0.1) is 6.92 Å². The summed E-state index contributed by atoms with van der Waals surface area (Å²) in [7, 11) is 0. The SMILES string of the molecule is Cc1ccccc1CN(CCN)Cc1ccccn1. The number of hydrogen-bond donors (Lipinski definition) is 1. The monoisotopic (exact) mass is 255 g/mol. The molecule has 0 spiro atoms. The first-order valence-corrected chi connectivity index (χ1v) is 6.66. The number of hydrogen-bond acceptors (Lipinski definition) is 3. The Bertz CT molecular complexity index is 496. The summed E-state index contributed by atoms with van der Waals surface area (Å²) in [6.45, 7) is 5.45. The molecule has 19 heavy (non-hydrogen) atoms. The highest BCUT2D eigenvalue weighted by atomic mass is 15.1. The van der Waals surface area contributed by atoms with Crippen molar-refractivity contribution in [1.29, 1.82) is 0 Å². The molecule has 3 nitrogen and oxygen atoms in total. The molecule has 1 aromatic heterocycles. The fourth-order valence-electron chi connectivity index (χ4n) is 2.15. The number of pyridine rings is 1. The molecule has 0 atom stereocenters. The fraction of sp³-hybridized carbons (Fsp3) is 0.312. The van der Waals surface area contributed by atoms with E-state index in [4.69, 9.17) is 5.73 Å². The number of nitrogens with two attached hydrogens (primary N) is 1. The van der Waals surface area contributed by atoms with Gasteiger partial charge < -0.3 is 5.73 Å². The Hall–Kier alpha value is -1.71. The van der Waals surface area contributed by atoms with Crippen LogP contribution in [0.5, 0.6) is 0 Å². The predicted octanol–water partition coefficient (Wildman–Crippen LogP) is 2.35. The second-order valence-electron chi connectivity index (χ2n) is 4.75. The third-order valence-electron chi connectivity index (χ3n) is 3.21. The van der Waals surface area contributed by atoms with Gasteiger partial charge in [0.25, 0.3) is 0 Å². The summed E-state index contributed by atoms with van der Waals surface area (Å²) in [5.74, 6) is 0. The lowest BCUT2D eigenvalue weighted by atomic mass is 10.1. The van der Waals surface area contributed by atoms with E-state index in [-0.39, 0.29) is 0 Å². The van der Waals surface area contributed by atoms with Gasteiger partial charge in [-0.3, -0.25) is 9.88 Å². The van der Waals surface area contributed by atoms with Crippen LogP contribution in [0.4, 0.5) is 0 Å². The van der Waals surface area contributed by atoms with Crippen molar-refractivity contribution in [2.75, 3.05) is 13.1 Å². The lowest BCUT2D eigenvalue weighted by molar-refractivity contribution is 0.261. The summed E-state index contributed by atoms with van der Waals surface area (Å²) in [4.78, 5) is 6.72. The summed E-state index contributed by atoms with van der Waals surface area (Å²) < 4.78 is 0. The van der Waals surface area contributed by atoms with Gasteiger partial charge in [0.05, 0.1) is 5.69 Å². The maximum atomic E-state index is 5.71. The van der Waals surface area contributed by atoms with Gasteiger partial charge in [-0.05, 0) is 30.2 Å². The fourth-order valence-corrected chi connectivity index (χ4v) is 2.15. The van der Waals surface area contributed by atoms with E-state index < -0.39 is 0 Å². The zero-order chi connectivity index (χ0) is 13.5. The van der Waals surface area contributed by atoms with Gasteiger partial charge in [-0.1, -0.05) is 30.3 Å². The highest BCUT2D eigenvalue weighted by molar-refractivity contribution is 5.25. The Morgan fingerprint density at radius 3 is 2.53 bits per heavy atom. The van der Waals surface area contributed by atoms with Gasteiger partial charge >= 0.3 is 0 Å². The predicted molar refractivity (Wildman–Crippen MR) is 78.6 cm³/mol. The Morgan fingerprint density at radius 2 is 1.84 bits per heavy atom. The Morgan fingerprint density at radius 1 is 1.05 bits per heavy atom. The standard InChI is InChI=1S/C16H21N3/c1-14-6-2-3-7-15(14)12-19(11-9-17)13-16-8-4-5-10-18-16/h2-8,10H,9,11-13,17H2,1H3. The topological polar surface area (TPSA) is 42.1 Å². The van der Waals surface area contributed by atoms with Crippen LogP contribution in [0.25, 0.3) is 0 Å². The van der Waals surface area contributed by atoms with Crippen LogP contribution in [0.15, 0.2) is 48.7 Å². The van der Waals surface area contributed by atoms with Crippen molar-refractivity contribution < 1.29 is 0 Å². The van der Waals surface area contributed by atoms with Crippen molar-refractivity contribution in [3.63, 3.8) is 0 Å². The normalized spacial score (nSPS) is 10.9. The minimum absolute atomic E-state index is 0.665. The molecule has 0 amide bonds. The van der Waals surface area contributed by atoms with E-state index in [0.717, 1.165) is 25.3 Å². The van der Waals surface area contributed by atoms with Crippen molar-refractivity contribution in [2.24, 2.45) is 5.73 Å². The van der Waals surface area contributed by atoms with E-state index in [9.17, 15) is 0 Å². The van der Waals surface area contributed by atoms with Gasteiger partial charge in [0, 0.05) is 32.4 Å². The zero-order valence-corrected chi connectivity index (χ0v) is 11.4. The molecule has 0 radical (unpaired) electrons. The number of aromatic nitrogens is 1. The van der Waals surface area contributed by atoms with Crippen LogP contribution in [-0.2, 0) is 13.1 Å². The lowest BCUT2D eigenvalue weighted by Gasteiger charge is -2.22. The van der Waals surface area contributed by atoms with Crippen molar-refractivity contribution in [2.45, 2.75) is 20.0 Å². The number of rotatable bonds is 6. The molecule has 0 fully saturated rings. The van der Waals surface area contributed by atoms with E-state index in [0.29, 0.717) is 6.54 Å². The average molecular weight is 255 g/mol. The summed E-state index contributed by atoms with van der Waals surface area (Å²) >= 11 is 0. The first-order chi connectivity index (χ1) is 9.29. The lowest BCUT2D eigenvalue weighted by Crippen LogP contribution is -2.29. The molecule has 2 rings (SSSR count). The molecular formula is C16H21N3. The molecule has 0 saturated carbocycles. The van der Waals surface area contributed by atoms with Crippen molar-refractivity contribution in [3.8, 4) is 0 Å². The largest absolute Gasteiger partial charge is 0.329 e. The summed E-state index contributed by atoms with van der Waals surface area (Å²) in [6.07, 6.45) is 1.84. The van der Waals surface area contributed by atoms with Crippen LogP contribution < -0.4 is 5.73 Å². The maximum Gasteiger partial charge on any atom is 0.0544 e. The summed E-state index contributed by atoms with van der Waals surface area (Å²) in [6, 6.07) is 14.5.